The predicted molar refractivity (Wildman–Crippen MR) is 127 cm³/mol. The Morgan fingerprint density at radius 2 is 1.59 bits per heavy atom. The summed E-state index contributed by atoms with van der Waals surface area (Å²) in [5.41, 5.74) is -1.44. The summed E-state index contributed by atoms with van der Waals surface area (Å²) in [6, 6.07) is 0. The van der Waals surface area contributed by atoms with Crippen LogP contribution in [0.5, 0.6) is 11.5 Å². The minimum Gasteiger partial charge on any atom is -0.507 e. The Bertz CT molecular complexity index is 926. The van der Waals surface area contributed by atoms with Gasteiger partial charge in [0.1, 0.15) is 40.7 Å². The molecule has 2 aliphatic rings. The van der Waals surface area contributed by atoms with Gasteiger partial charge >= 0.3 is 0 Å². The van der Waals surface area contributed by atoms with Crippen LogP contribution in [-0.4, -0.2) is 68.6 Å². The maximum atomic E-state index is 11.4. The summed E-state index contributed by atoms with van der Waals surface area (Å²) >= 11 is 0. The van der Waals surface area contributed by atoms with Gasteiger partial charge in [0.25, 0.3) is 0 Å². The molecule has 1 saturated heterocycles. The van der Waals surface area contributed by atoms with Crippen LogP contribution in [0.15, 0.2) is 0 Å². The number of aliphatic hydroxyl groups is 3. The Morgan fingerprint density at radius 3 is 2.21 bits per heavy atom. The van der Waals surface area contributed by atoms with Gasteiger partial charge in [0.15, 0.2) is 5.79 Å². The molecule has 0 amide bonds. The first kappa shape index (κ1) is 27.2. The first-order valence-electron chi connectivity index (χ1n) is 12.0. The van der Waals surface area contributed by atoms with E-state index >= 15 is 0 Å². The van der Waals surface area contributed by atoms with E-state index in [1.165, 1.54) is 13.8 Å². The van der Waals surface area contributed by atoms with Gasteiger partial charge in [0.2, 0.25) is 0 Å². The van der Waals surface area contributed by atoms with Crippen LogP contribution < -0.4 is 4.74 Å². The van der Waals surface area contributed by atoms with Crippen molar-refractivity contribution in [1.82, 2.24) is 0 Å². The lowest BCUT2D eigenvalue weighted by Crippen LogP contribution is -2.79. The largest absolute Gasteiger partial charge is 0.507 e. The van der Waals surface area contributed by atoms with E-state index in [-0.39, 0.29) is 12.2 Å². The molecule has 0 bridgehead atoms. The molecule has 2 aliphatic heterocycles. The molecule has 3 unspecified atom stereocenters. The Balaban J connectivity index is 1.68. The van der Waals surface area contributed by atoms with E-state index in [4.69, 9.17) is 18.9 Å². The third kappa shape index (κ3) is 4.12. The summed E-state index contributed by atoms with van der Waals surface area (Å²) in [6.07, 6.45) is 3.03. The van der Waals surface area contributed by atoms with Crippen LogP contribution in [0.4, 0.5) is 0 Å². The molecule has 3 rings (SSSR count). The van der Waals surface area contributed by atoms with Crippen LogP contribution in [0, 0.1) is 20.8 Å². The summed E-state index contributed by atoms with van der Waals surface area (Å²) in [5.74, 6) is -0.240. The van der Waals surface area contributed by atoms with E-state index in [1.54, 1.807) is 13.8 Å². The number of hydrogen-bond acceptors (Lipinski definition) is 8. The Morgan fingerprint density at radius 1 is 0.941 bits per heavy atom. The fourth-order valence-corrected chi connectivity index (χ4v) is 5.31. The summed E-state index contributed by atoms with van der Waals surface area (Å²) < 4.78 is 23.8. The van der Waals surface area contributed by atoms with Crippen LogP contribution in [0.1, 0.15) is 76.1 Å². The summed E-state index contributed by atoms with van der Waals surface area (Å²) in [7, 11) is 0. The van der Waals surface area contributed by atoms with Crippen molar-refractivity contribution in [1.29, 1.82) is 0 Å². The van der Waals surface area contributed by atoms with Crippen molar-refractivity contribution in [3.8, 4) is 11.5 Å². The highest BCUT2D eigenvalue weighted by atomic mass is 16.7. The molecule has 0 aromatic heterocycles. The van der Waals surface area contributed by atoms with Crippen molar-refractivity contribution < 1.29 is 39.4 Å². The quantitative estimate of drug-likeness (QED) is 0.346. The Hall–Kier alpha value is -1.42. The number of benzene rings is 1. The van der Waals surface area contributed by atoms with E-state index in [0.29, 0.717) is 18.8 Å². The normalized spacial score (nSPS) is 37.9. The Labute approximate surface area is 202 Å². The smallest absolute Gasteiger partial charge is 0.197 e. The van der Waals surface area contributed by atoms with Gasteiger partial charge in [-0.25, -0.2) is 0 Å². The molecule has 1 aromatic carbocycles. The summed E-state index contributed by atoms with van der Waals surface area (Å²) in [4.78, 5) is 0. The molecule has 1 fully saturated rings. The number of phenols is 1. The van der Waals surface area contributed by atoms with Crippen molar-refractivity contribution in [3.63, 3.8) is 0 Å². The van der Waals surface area contributed by atoms with Crippen LogP contribution in [-0.2, 0) is 20.6 Å². The lowest BCUT2D eigenvalue weighted by Gasteiger charge is -2.60. The average molecular weight is 483 g/mol. The first-order chi connectivity index (χ1) is 15.6. The molecule has 34 heavy (non-hydrogen) atoms. The average Bonchev–Trinajstić information content (AvgIpc) is 2.77. The van der Waals surface area contributed by atoms with Crippen molar-refractivity contribution in [2.24, 2.45) is 0 Å². The van der Waals surface area contributed by atoms with E-state index < -0.39 is 29.4 Å². The van der Waals surface area contributed by atoms with E-state index in [1.807, 2.05) is 20.8 Å². The number of fused-ring (bicyclic) bond motifs is 1. The van der Waals surface area contributed by atoms with Gasteiger partial charge in [0, 0.05) is 5.56 Å². The zero-order chi connectivity index (χ0) is 25.7. The lowest BCUT2D eigenvalue weighted by molar-refractivity contribution is -0.422. The van der Waals surface area contributed by atoms with Gasteiger partial charge < -0.3 is 39.4 Å². The highest BCUT2D eigenvalue weighted by Crippen LogP contribution is 2.49. The van der Waals surface area contributed by atoms with Gasteiger partial charge in [-0.05, 0) is 97.8 Å². The van der Waals surface area contributed by atoms with Crippen molar-refractivity contribution >= 4 is 0 Å². The molecule has 0 saturated carbocycles. The number of aliphatic hydroxyl groups excluding tert-OH is 1. The van der Waals surface area contributed by atoms with Crippen LogP contribution >= 0.6 is 0 Å². The molecule has 0 spiro atoms. The van der Waals surface area contributed by atoms with E-state index in [9.17, 15) is 20.4 Å². The molecule has 1 aromatic rings. The van der Waals surface area contributed by atoms with Crippen LogP contribution in [0.25, 0.3) is 0 Å². The monoisotopic (exact) mass is 482 g/mol. The maximum absolute atomic E-state index is 11.4. The van der Waals surface area contributed by atoms with Crippen molar-refractivity contribution in [2.45, 2.75) is 109 Å². The number of ether oxygens (including phenoxy) is 4. The van der Waals surface area contributed by atoms with Gasteiger partial charge in [-0.1, -0.05) is 0 Å². The molecular formula is C26H42O8. The second kappa shape index (κ2) is 8.91. The van der Waals surface area contributed by atoms with E-state index in [0.717, 1.165) is 47.3 Å². The maximum Gasteiger partial charge on any atom is 0.197 e. The number of hydrogen-bond donors (Lipinski definition) is 4. The molecule has 194 valence electrons. The molecular weight excluding hydrogens is 440 g/mol. The fourth-order valence-electron chi connectivity index (χ4n) is 5.31. The van der Waals surface area contributed by atoms with Gasteiger partial charge in [-0.2, -0.15) is 0 Å². The van der Waals surface area contributed by atoms with Gasteiger partial charge in [-0.3, -0.25) is 0 Å². The SMILES string of the molecule is Cc1c(C)c2c(c(C)c1O)CCC(C)(CCCO[C@@]1(C)OC[C@@](C)(O)C(C)(OCO)C1(C)O)O2. The van der Waals surface area contributed by atoms with Gasteiger partial charge in [0.05, 0.1) is 13.2 Å². The van der Waals surface area contributed by atoms with Gasteiger partial charge in [-0.15, -0.1) is 0 Å². The molecule has 4 N–H and O–H groups in total. The second-order valence-electron chi connectivity index (χ2n) is 10.9. The third-order valence-corrected chi connectivity index (χ3v) is 8.64. The predicted octanol–water partition coefficient (Wildman–Crippen LogP) is 3.17. The lowest BCUT2D eigenvalue weighted by atomic mass is 9.67. The number of phenolic OH excluding ortho intramolecular Hbond substituents is 1. The van der Waals surface area contributed by atoms with Crippen molar-refractivity contribution in [3.05, 3.63) is 22.3 Å². The highest BCUT2D eigenvalue weighted by Gasteiger charge is 2.69. The first-order valence-corrected chi connectivity index (χ1v) is 12.0. The fraction of sp³-hybridized carbons (Fsp3) is 0.769. The van der Waals surface area contributed by atoms with Crippen LogP contribution in [0.3, 0.4) is 0 Å². The standard InChI is InChI=1S/C26H42O8/c1-16-17(2)21-19(18(3)20(16)28)10-12-22(4,34-21)11-9-13-31-26(8)24(6,30)25(7,33-15-27)23(5,29)14-32-26/h27-30H,9-15H2,1-8H3/t22?,23-,24?,25?,26+/m1/s1. The molecule has 0 radical (unpaired) electrons. The third-order valence-electron chi connectivity index (χ3n) is 8.64. The molecule has 8 heteroatoms. The Kier molecular flexibility index (Phi) is 7.12. The van der Waals surface area contributed by atoms with E-state index in [2.05, 4.69) is 6.92 Å². The minimum atomic E-state index is -1.76. The zero-order valence-corrected chi connectivity index (χ0v) is 21.9. The van der Waals surface area contributed by atoms with Crippen molar-refractivity contribution in [2.75, 3.05) is 20.0 Å². The summed E-state index contributed by atoms with van der Waals surface area (Å²) in [6.45, 7) is 13.6. The topological polar surface area (TPSA) is 118 Å². The summed E-state index contributed by atoms with van der Waals surface area (Å²) in [5, 5.41) is 42.0. The van der Waals surface area contributed by atoms with Crippen LogP contribution in [0.2, 0.25) is 0 Å². The molecule has 8 nitrogen and oxygen atoms in total. The molecule has 5 atom stereocenters. The molecule has 2 heterocycles. The number of aromatic hydroxyl groups is 1. The number of rotatable bonds is 7. The zero-order valence-electron chi connectivity index (χ0n) is 21.9. The molecule has 0 aliphatic carbocycles. The highest BCUT2D eigenvalue weighted by molar-refractivity contribution is 5.58. The second-order valence-corrected chi connectivity index (χ2v) is 10.9. The minimum absolute atomic E-state index is 0.126.